The summed E-state index contributed by atoms with van der Waals surface area (Å²) in [6.45, 7) is 6.40. The standard InChI is InChI=1S/C19H23Cl2N3O4S/c1-19(2,3)16-11-17(23-28-16)22-18(25)12-6-8-24(9-7-12)29(26,27)15-10-13(20)4-5-14(15)21/h4-5,10-12H,6-9H2,1-3H3,(H,22,23,25). The number of carbonyl (C=O) groups excluding carboxylic acids is 1. The zero-order chi connectivity index (χ0) is 21.4. The molecular weight excluding hydrogens is 437 g/mol. The van der Waals surface area contributed by atoms with Gasteiger partial charge in [-0.1, -0.05) is 49.1 Å². The normalized spacial score (nSPS) is 16.7. The quantitative estimate of drug-likeness (QED) is 0.734. The predicted octanol–water partition coefficient (Wildman–Crippen LogP) is 4.32. The van der Waals surface area contributed by atoms with Crippen LogP contribution in [-0.4, -0.2) is 36.9 Å². The first kappa shape index (κ1) is 22.1. The highest BCUT2D eigenvalue weighted by molar-refractivity contribution is 7.89. The zero-order valence-electron chi connectivity index (χ0n) is 16.4. The van der Waals surface area contributed by atoms with Crippen molar-refractivity contribution in [2.45, 2.75) is 43.9 Å². The fourth-order valence-electron chi connectivity index (χ4n) is 3.09. The Hall–Kier alpha value is -1.61. The molecule has 0 aliphatic carbocycles. The van der Waals surface area contributed by atoms with E-state index < -0.39 is 10.0 Å². The monoisotopic (exact) mass is 459 g/mol. The van der Waals surface area contributed by atoms with Crippen molar-refractivity contribution in [2.24, 2.45) is 5.92 Å². The summed E-state index contributed by atoms with van der Waals surface area (Å²) < 4.78 is 32.4. The third-order valence-electron chi connectivity index (χ3n) is 4.84. The van der Waals surface area contributed by atoms with Crippen molar-refractivity contribution in [2.75, 3.05) is 18.4 Å². The molecule has 0 radical (unpaired) electrons. The molecular formula is C19H23Cl2N3O4S. The van der Waals surface area contributed by atoms with E-state index in [4.69, 9.17) is 27.7 Å². The second-order valence-corrected chi connectivity index (χ2v) is 10.8. The minimum Gasteiger partial charge on any atom is -0.359 e. The average Bonchev–Trinajstić information content (AvgIpc) is 3.12. The summed E-state index contributed by atoms with van der Waals surface area (Å²) in [6.07, 6.45) is 0.792. The van der Waals surface area contributed by atoms with Crippen LogP contribution in [0.1, 0.15) is 39.4 Å². The van der Waals surface area contributed by atoms with Crippen molar-refractivity contribution < 1.29 is 17.7 Å². The number of hydrogen-bond donors (Lipinski definition) is 1. The summed E-state index contributed by atoms with van der Waals surface area (Å²) in [5, 5.41) is 7.06. The summed E-state index contributed by atoms with van der Waals surface area (Å²) in [4.78, 5) is 12.5. The maximum Gasteiger partial charge on any atom is 0.244 e. The lowest BCUT2D eigenvalue weighted by Gasteiger charge is -2.30. The fourth-order valence-corrected chi connectivity index (χ4v) is 5.30. The Morgan fingerprint density at radius 2 is 1.86 bits per heavy atom. The number of nitrogens with one attached hydrogen (secondary N) is 1. The number of halogens is 2. The van der Waals surface area contributed by atoms with Crippen molar-refractivity contribution in [3.8, 4) is 0 Å². The predicted molar refractivity (Wildman–Crippen MR) is 112 cm³/mol. The number of anilines is 1. The van der Waals surface area contributed by atoms with E-state index >= 15 is 0 Å². The molecule has 0 bridgehead atoms. The van der Waals surface area contributed by atoms with Gasteiger partial charge in [-0.25, -0.2) is 8.42 Å². The summed E-state index contributed by atoms with van der Waals surface area (Å²) in [5.41, 5.74) is -0.211. The zero-order valence-corrected chi connectivity index (χ0v) is 18.7. The number of amides is 1. The van der Waals surface area contributed by atoms with E-state index in [0.717, 1.165) is 0 Å². The first-order valence-electron chi connectivity index (χ1n) is 9.22. The summed E-state index contributed by atoms with van der Waals surface area (Å²) in [5.74, 6) is 0.524. The van der Waals surface area contributed by atoms with Gasteiger partial charge in [0, 0.05) is 35.5 Å². The largest absolute Gasteiger partial charge is 0.359 e. The van der Waals surface area contributed by atoms with Gasteiger partial charge in [0.05, 0.1) is 5.02 Å². The van der Waals surface area contributed by atoms with Crippen LogP contribution in [0.25, 0.3) is 0 Å². The molecule has 2 aromatic rings. The molecule has 2 heterocycles. The molecule has 1 saturated heterocycles. The van der Waals surface area contributed by atoms with Crippen LogP contribution in [-0.2, 0) is 20.2 Å². The number of rotatable bonds is 4. The van der Waals surface area contributed by atoms with Crippen molar-refractivity contribution in [1.29, 1.82) is 0 Å². The highest BCUT2D eigenvalue weighted by Crippen LogP contribution is 2.31. The number of piperidine rings is 1. The van der Waals surface area contributed by atoms with Crippen LogP contribution in [0.4, 0.5) is 5.82 Å². The third kappa shape index (κ3) is 4.94. The number of aromatic nitrogens is 1. The van der Waals surface area contributed by atoms with Gasteiger partial charge >= 0.3 is 0 Å². The number of nitrogens with zero attached hydrogens (tertiary/aromatic N) is 2. The van der Waals surface area contributed by atoms with Gasteiger partial charge < -0.3 is 9.84 Å². The first-order valence-corrected chi connectivity index (χ1v) is 11.4. The number of sulfonamides is 1. The molecule has 1 aromatic carbocycles. The number of benzene rings is 1. The van der Waals surface area contributed by atoms with Crippen LogP contribution in [0.3, 0.4) is 0 Å². The second-order valence-electron chi connectivity index (χ2n) is 8.07. The molecule has 10 heteroatoms. The molecule has 1 N–H and O–H groups in total. The Labute approximate surface area is 180 Å². The summed E-state index contributed by atoms with van der Waals surface area (Å²) in [6, 6.07) is 6.04. The lowest BCUT2D eigenvalue weighted by atomic mass is 9.93. The van der Waals surface area contributed by atoms with Crippen LogP contribution in [0, 0.1) is 5.92 Å². The van der Waals surface area contributed by atoms with Crippen molar-refractivity contribution in [3.05, 3.63) is 40.1 Å². The Bertz CT molecular complexity index is 1010. The highest BCUT2D eigenvalue weighted by atomic mass is 35.5. The summed E-state index contributed by atoms with van der Waals surface area (Å²) >= 11 is 12.0. The number of hydrogen-bond acceptors (Lipinski definition) is 5. The van der Waals surface area contributed by atoms with Gasteiger partial charge in [0.1, 0.15) is 10.7 Å². The van der Waals surface area contributed by atoms with E-state index in [1.54, 1.807) is 6.07 Å². The smallest absolute Gasteiger partial charge is 0.244 e. The van der Waals surface area contributed by atoms with Crippen LogP contribution >= 0.6 is 23.2 Å². The molecule has 0 atom stereocenters. The van der Waals surface area contributed by atoms with E-state index in [1.165, 1.54) is 22.5 Å². The molecule has 0 unspecified atom stereocenters. The molecule has 1 fully saturated rings. The minimum absolute atomic E-state index is 0.0214. The van der Waals surface area contributed by atoms with Gasteiger partial charge in [-0.05, 0) is 31.0 Å². The lowest BCUT2D eigenvalue weighted by Crippen LogP contribution is -2.41. The van der Waals surface area contributed by atoms with E-state index in [-0.39, 0.29) is 40.2 Å². The second kappa shape index (κ2) is 8.26. The molecule has 29 heavy (non-hydrogen) atoms. The SMILES string of the molecule is CC(C)(C)c1cc(NC(=O)C2CCN(S(=O)(=O)c3cc(Cl)ccc3Cl)CC2)no1. The van der Waals surface area contributed by atoms with Crippen molar-refractivity contribution in [3.63, 3.8) is 0 Å². The molecule has 1 aliphatic heterocycles. The third-order valence-corrected chi connectivity index (χ3v) is 7.45. The van der Waals surface area contributed by atoms with Crippen LogP contribution in [0.5, 0.6) is 0 Å². The fraction of sp³-hybridized carbons (Fsp3) is 0.474. The molecule has 158 valence electrons. The van der Waals surface area contributed by atoms with Gasteiger partial charge in [0.25, 0.3) is 0 Å². The average molecular weight is 460 g/mol. The lowest BCUT2D eigenvalue weighted by molar-refractivity contribution is -0.120. The molecule has 1 aromatic heterocycles. The van der Waals surface area contributed by atoms with Gasteiger partial charge in [-0.3, -0.25) is 4.79 Å². The summed E-state index contributed by atoms with van der Waals surface area (Å²) in [7, 11) is -3.78. The van der Waals surface area contributed by atoms with Gasteiger partial charge in [0.2, 0.25) is 15.9 Å². The van der Waals surface area contributed by atoms with Crippen LogP contribution in [0.2, 0.25) is 10.0 Å². The Kier molecular flexibility index (Phi) is 6.29. The molecule has 3 rings (SSSR count). The molecule has 1 aliphatic rings. The Morgan fingerprint density at radius 3 is 2.45 bits per heavy atom. The maximum absolute atomic E-state index is 12.9. The van der Waals surface area contributed by atoms with Gasteiger partial charge in [-0.2, -0.15) is 4.31 Å². The van der Waals surface area contributed by atoms with E-state index in [1.807, 2.05) is 20.8 Å². The highest BCUT2D eigenvalue weighted by Gasteiger charge is 2.33. The molecule has 1 amide bonds. The Morgan fingerprint density at radius 1 is 1.21 bits per heavy atom. The van der Waals surface area contributed by atoms with E-state index in [9.17, 15) is 13.2 Å². The maximum atomic E-state index is 12.9. The van der Waals surface area contributed by atoms with E-state index in [2.05, 4.69) is 10.5 Å². The van der Waals surface area contributed by atoms with Gasteiger partial charge in [0.15, 0.2) is 5.82 Å². The minimum atomic E-state index is -3.78. The van der Waals surface area contributed by atoms with Crippen LogP contribution < -0.4 is 5.32 Å². The number of carbonyl (C=O) groups is 1. The van der Waals surface area contributed by atoms with Crippen LogP contribution in [0.15, 0.2) is 33.7 Å². The molecule has 0 spiro atoms. The Balaban J connectivity index is 1.63. The first-order chi connectivity index (χ1) is 13.5. The molecule has 0 saturated carbocycles. The topological polar surface area (TPSA) is 92.5 Å². The molecule has 7 nitrogen and oxygen atoms in total. The van der Waals surface area contributed by atoms with E-state index in [0.29, 0.717) is 29.4 Å². The van der Waals surface area contributed by atoms with Crippen molar-refractivity contribution in [1.82, 2.24) is 9.46 Å². The van der Waals surface area contributed by atoms with Crippen molar-refractivity contribution >= 4 is 45.0 Å². The van der Waals surface area contributed by atoms with Gasteiger partial charge in [-0.15, -0.1) is 0 Å².